The first kappa shape index (κ1) is 15.5. The first-order chi connectivity index (χ1) is 11.1. The van der Waals surface area contributed by atoms with Crippen LogP contribution in [-0.4, -0.2) is 71.7 Å². The summed E-state index contributed by atoms with van der Waals surface area (Å²) in [6.07, 6.45) is 0.952. The Labute approximate surface area is 134 Å². The molecule has 0 N–H and O–H groups in total. The Balaban J connectivity index is 1.53. The van der Waals surface area contributed by atoms with Crippen molar-refractivity contribution in [3.8, 4) is 11.8 Å². The summed E-state index contributed by atoms with van der Waals surface area (Å²) < 4.78 is 10.7. The fourth-order valence-corrected chi connectivity index (χ4v) is 2.96. The molecule has 8 heteroatoms. The summed E-state index contributed by atoms with van der Waals surface area (Å²) in [7, 11) is 3.25. The molecule has 124 valence electrons. The number of rotatable bonds is 4. The number of carbonyl (C=O) groups is 2. The van der Waals surface area contributed by atoms with Crippen molar-refractivity contribution in [1.82, 2.24) is 20.0 Å². The zero-order chi connectivity index (χ0) is 16.4. The molecule has 0 spiro atoms. The van der Waals surface area contributed by atoms with Crippen molar-refractivity contribution in [2.75, 3.05) is 33.8 Å². The highest BCUT2D eigenvalue weighted by Crippen LogP contribution is 2.23. The highest BCUT2D eigenvalue weighted by molar-refractivity contribution is 5.89. The topological polar surface area (TPSA) is 84.9 Å². The molecule has 2 aliphatic rings. The van der Waals surface area contributed by atoms with Crippen molar-refractivity contribution < 1.29 is 19.1 Å². The summed E-state index contributed by atoms with van der Waals surface area (Å²) >= 11 is 0. The Kier molecular flexibility index (Phi) is 4.31. The van der Waals surface area contributed by atoms with E-state index in [1.165, 1.54) is 7.11 Å². The van der Waals surface area contributed by atoms with E-state index < -0.39 is 0 Å². The van der Waals surface area contributed by atoms with Crippen LogP contribution in [0.3, 0.4) is 0 Å². The van der Waals surface area contributed by atoms with E-state index in [4.69, 9.17) is 9.47 Å². The number of carbonyl (C=O) groups excluding carboxylic acids is 2. The Morgan fingerprint density at radius 2 is 2.00 bits per heavy atom. The van der Waals surface area contributed by atoms with Gasteiger partial charge in [-0.05, 0) is 0 Å². The molecule has 8 nitrogen and oxygen atoms in total. The van der Waals surface area contributed by atoms with Gasteiger partial charge < -0.3 is 19.3 Å². The van der Waals surface area contributed by atoms with Crippen molar-refractivity contribution in [3.63, 3.8) is 0 Å². The molecule has 3 heterocycles. The molecule has 1 aromatic heterocycles. The minimum absolute atomic E-state index is 0.0313. The van der Waals surface area contributed by atoms with Gasteiger partial charge >= 0.3 is 0 Å². The number of methoxy groups -OCH3 is 1. The van der Waals surface area contributed by atoms with E-state index in [0.717, 1.165) is 6.42 Å². The normalized spacial score (nSPS) is 24.2. The summed E-state index contributed by atoms with van der Waals surface area (Å²) in [5.41, 5.74) is 0. The average Bonchev–Trinajstić information content (AvgIpc) is 3.15. The van der Waals surface area contributed by atoms with E-state index in [9.17, 15) is 9.59 Å². The van der Waals surface area contributed by atoms with E-state index in [1.54, 1.807) is 29.0 Å². The number of hydrogen-bond donors (Lipinski definition) is 0. The van der Waals surface area contributed by atoms with Crippen LogP contribution in [0.2, 0.25) is 0 Å². The smallest absolute Gasteiger partial charge is 0.233 e. The second kappa shape index (κ2) is 6.39. The molecule has 23 heavy (non-hydrogen) atoms. The lowest BCUT2D eigenvalue weighted by molar-refractivity contribution is -0.135. The molecule has 2 atom stereocenters. The Morgan fingerprint density at radius 3 is 2.61 bits per heavy atom. The molecule has 0 aromatic carbocycles. The number of nitrogens with zero attached hydrogens (tertiary/aromatic N) is 4. The molecular weight excluding hydrogens is 300 g/mol. The van der Waals surface area contributed by atoms with Crippen LogP contribution in [0.15, 0.2) is 12.1 Å². The maximum atomic E-state index is 12.5. The van der Waals surface area contributed by atoms with Crippen LogP contribution in [0.25, 0.3) is 0 Å². The van der Waals surface area contributed by atoms with Gasteiger partial charge in [-0.2, -0.15) is 0 Å². The molecule has 0 aliphatic carbocycles. The van der Waals surface area contributed by atoms with Gasteiger partial charge in [-0.15, -0.1) is 10.2 Å². The predicted octanol–water partition coefficient (Wildman–Crippen LogP) is -0.0568. The molecule has 0 unspecified atom stereocenters. The molecule has 2 fully saturated rings. The fourth-order valence-electron chi connectivity index (χ4n) is 2.96. The summed E-state index contributed by atoms with van der Waals surface area (Å²) in [4.78, 5) is 27.4. The standard InChI is InChI=1S/C15H20N4O4/c1-18-8-10(7-14(18)20)15(21)19-6-5-11(9-19)23-13-4-3-12(22-2)16-17-13/h3-4,10-11H,5-9H2,1-2H3/t10-,11-/m1/s1. The predicted molar refractivity (Wildman–Crippen MR) is 79.9 cm³/mol. The zero-order valence-corrected chi connectivity index (χ0v) is 13.3. The van der Waals surface area contributed by atoms with Gasteiger partial charge in [-0.3, -0.25) is 9.59 Å². The number of hydrogen-bond acceptors (Lipinski definition) is 6. The summed E-state index contributed by atoms with van der Waals surface area (Å²) in [6, 6.07) is 3.38. The third-order valence-corrected chi connectivity index (χ3v) is 4.26. The molecule has 3 rings (SSSR count). The molecule has 2 aliphatic heterocycles. The fraction of sp³-hybridized carbons (Fsp3) is 0.600. The zero-order valence-electron chi connectivity index (χ0n) is 13.3. The number of aromatic nitrogens is 2. The molecule has 1 aromatic rings. The molecular formula is C15H20N4O4. The Hall–Kier alpha value is -2.38. The van der Waals surface area contributed by atoms with Crippen molar-refractivity contribution in [3.05, 3.63) is 12.1 Å². The Bertz CT molecular complexity index is 592. The molecule has 2 saturated heterocycles. The lowest BCUT2D eigenvalue weighted by Gasteiger charge is -2.20. The lowest BCUT2D eigenvalue weighted by atomic mass is 10.1. The van der Waals surface area contributed by atoms with E-state index in [-0.39, 0.29) is 23.8 Å². The average molecular weight is 320 g/mol. The minimum Gasteiger partial charge on any atom is -0.480 e. The maximum Gasteiger partial charge on any atom is 0.233 e. The van der Waals surface area contributed by atoms with E-state index >= 15 is 0 Å². The molecule has 2 amide bonds. The van der Waals surface area contributed by atoms with E-state index in [2.05, 4.69) is 10.2 Å². The van der Waals surface area contributed by atoms with Gasteiger partial charge in [0.1, 0.15) is 6.10 Å². The van der Waals surface area contributed by atoms with Gasteiger partial charge in [0.2, 0.25) is 23.6 Å². The summed E-state index contributed by atoms with van der Waals surface area (Å²) in [5.74, 6) is 0.682. The van der Waals surface area contributed by atoms with Crippen molar-refractivity contribution in [1.29, 1.82) is 0 Å². The second-order valence-corrected chi connectivity index (χ2v) is 5.90. The summed E-state index contributed by atoms with van der Waals surface area (Å²) in [6.45, 7) is 1.66. The number of amides is 2. The first-order valence-electron chi connectivity index (χ1n) is 7.64. The van der Waals surface area contributed by atoms with E-state index in [1.807, 2.05) is 0 Å². The lowest BCUT2D eigenvalue weighted by Crippen LogP contribution is -2.36. The highest BCUT2D eigenvalue weighted by atomic mass is 16.5. The van der Waals surface area contributed by atoms with Gasteiger partial charge in [0.25, 0.3) is 0 Å². The van der Waals surface area contributed by atoms with Crippen molar-refractivity contribution in [2.24, 2.45) is 5.92 Å². The maximum absolute atomic E-state index is 12.5. The van der Waals surface area contributed by atoms with Crippen LogP contribution in [0.1, 0.15) is 12.8 Å². The van der Waals surface area contributed by atoms with E-state index in [0.29, 0.717) is 37.8 Å². The van der Waals surface area contributed by atoms with Crippen molar-refractivity contribution in [2.45, 2.75) is 18.9 Å². The SMILES string of the molecule is COc1ccc(O[C@@H]2CCN(C(=O)[C@@H]3CC(=O)N(C)C3)C2)nn1. The van der Waals surface area contributed by atoms with Crippen molar-refractivity contribution >= 4 is 11.8 Å². The first-order valence-corrected chi connectivity index (χ1v) is 7.64. The van der Waals surface area contributed by atoms with Crippen LogP contribution in [0.4, 0.5) is 0 Å². The van der Waals surface area contributed by atoms with Gasteiger partial charge in [-0.25, -0.2) is 0 Å². The van der Waals surface area contributed by atoms with Gasteiger partial charge in [0.05, 0.1) is 19.6 Å². The Morgan fingerprint density at radius 1 is 1.26 bits per heavy atom. The minimum atomic E-state index is -0.230. The highest BCUT2D eigenvalue weighted by Gasteiger charge is 2.37. The van der Waals surface area contributed by atoms with Gasteiger partial charge in [0, 0.05) is 45.1 Å². The number of ether oxygens (including phenoxy) is 2. The quantitative estimate of drug-likeness (QED) is 0.773. The van der Waals surface area contributed by atoms with Gasteiger partial charge in [-0.1, -0.05) is 0 Å². The molecule has 0 bridgehead atoms. The van der Waals surface area contributed by atoms with Crippen LogP contribution in [-0.2, 0) is 9.59 Å². The largest absolute Gasteiger partial charge is 0.480 e. The van der Waals surface area contributed by atoms with Crippen LogP contribution in [0, 0.1) is 5.92 Å². The monoisotopic (exact) mass is 320 g/mol. The van der Waals surface area contributed by atoms with Crippen LogP contribution in [0.5, 0.6) is 11.8 Å². The summed E-state index contributed by atoms with van der Waals surface area (Å²) in [5, 5.41) is 7.78. The number of likely N-dealkylation sites (tertiary alicyclic amines) is 2. The third-order valence-electron chi connectivity index (χ3n) is 4.26. The van der Waals surface area contributed by atoms with Crippen LogP contribution >= 0.6 is 0 Å². The second-order valence-electron chi connectivity index (χ2n) is 5.90. The molecule has 0 radical (unpaired) electrons. The van der Waals surface area contributed by atoms with Gasteiger partial charge in [0.15, 0.2) is 0 Å². The third kappa shape index (κ3) is 3.35. The molecule has 0 saturated carbocycles. The van der Waals surface area contributed by atoms with Crippen LogP contribution < -0.4 is 9.47 Å².